The average molecular weight is 588 g/mol. The molecule has 4 rings (SSSR count). The topological polar surface area (TPSA) is 139 Å². The number of ether oxygens (including phenoxy) is 2. The number of hydrogen-bond acceptors (Lipinski definition) is 10. The summed E-state index contributed by atoms with van der Waals surface area (Å²) in [5.41, 5.74) is 3.74. The minimum absolute atomic E-state index is 0.000790. The predicted molar refractivity (Wildman–Crippen MR) is 163 cm³/mol. The number of ketones is 1. The van der Waals surface area contributed by atoms with Crippen LogP contribution in [-0.2, 0) is 20.8 Å². The average Bonchev–Trinajstić information content (AvgIpc) is 3.00. The van der Waals surface area contributed by atoms with Gasteiger partial charge in [-0.1, -0.05) is 6.58 Å². The van der Waals surface area contributed by atoms with Gasteiger partial charge in [-0.05, 0) is 56.2 Å². The number of pyridine rings is 1. The highest BCUT2D eigenvalue weighted by Crippen LogP contribution is 2.29. The van der Waals surface area contributed by atoms with Crippen molar-refractivity contribution < 1.29 is 23.9 Å². The van der Waals surface area contributed by atoms with E-state index < -0.39 is 6.10 Å². The maximum absolute atomic E-state index is 13.0. The van der Waals surface area contributed by atoms with E-state index in [0.717, 1.165) is 16.8 Å². The molecular weight excluding hydrogens is 550 g/mol. The Morgan fingerprint density at radius 3 is 2.37 bits per heavy atom. The number of nitrogens with one attached hydrogen (secondary N) is 2. The maximum Gasteiger partial charge on any atom is 0.263 e. The molecule has 1 saturated heterocycles. The smallest absolute Gasteiger partial charge is 0.263 e. The molecule has 0 aliphatic carbocycles. The van der Waals surface area contributed by atoms with Crippen LogP contribution in [0, 0.1) is 13.8 Å². The first-order chi connectivity index (χ1) is 20.6. The van der Waals surface area contributed by atoms with Gasteiger partial charge in [0, 0.05) is 69.2 Å². The molecule has 0 saturated carbocycles. The Morgan fingerprint density at radius 1 is 1.00 bits per heavy atom. The number of anilines is 4. The summed E-state index contributed by atoms with van der Waals surface area (Å²) in [7, 11) is 1.55. The van der Waals surface area contributed by atoms with Crippen molar-refractivity contribution in [3.8, 4) is 11.6 Å². The Labute approximate surface area is 251 Å². The molecule has 2 N–H and O–H groups in total. The number of amides is 2. The molecule has 12 heteroatoms. The molecule has 0 unspecified atom stereocenters. The zero-order valence-electron chi connectivity index (χ0n) is 25.1. The van der Waals surface area contributed by atoms with Gasteiger partial charge in [-0.3, -0.25) is 14.4 Å². The van der Waals surface area contributed by atoms with Crippen LogP contribution in [0.1, 0.15) is 30.5 Å². The Kier molecular flexibility index (Phi) is 9.91. The number of hydrogen-bond donors (Lipinski definition) is 2. The summed E-state index contributed by atoms with van der Waals surface area (Å²) in [6.45, 7) is 12.5. The van der Waals surface area contributed by atoms with Gasteiger partial charge in [0.2, 0.25) is 17.7 Å². The lowest BCUT2D eigenvalue weighted by molar-refractivity contribution is -0.143. The van der Waals surface area contributed by atoms with Crippen LogP contribution in [0.25, 0.3) is 0 Å². The lowest BCUT2D eigenvalue weighted by atomic mass is 10.1. The molecule has 3 heterocycles. The first-order valence-electron chi connectivity index (χ1n) is 14.0. The summed E-state index contributed by atoms with van der Waals surface area (Å²) in [5.74, 6) is 1.49. The van der Waals surface area contributed by atoms with Crippen LogP contribution in [0.15, 0.2) is 49.3 Å². The minimum Gasteiger partial charge on any atom is -0.481 e. The van der Waals surface area contributed by atoms with Crippen LogP contribution in [0.3, 0.4) is 0 Å². The monoisotopic (exact) mass is 587 g/mol. The fraction of sp³-hybridized carbons (Fsp3) is 0.355. The summed E-state index contributed by atoms with van der Waals surface area (Å²) in [5, 5.41) is 6.53. The number of carbonyl (C=O) groups excluding carboxylic acids is 3. The highest BCUT2D eigenvalue weighted by Gasteiger charge is 2.27. The SMILES string of the molecule is C=CC(=O)Cc1cc(O[C@H](C)C(=O)N2CCN(C(C)=O)CC2)ccc1Nc1nc(Nc2cc(OC)ncc2C)ncc1C. The second-order valence-corrected chi connectivity index (χ2v) is 10.3. The van der Waals surface area contributed by atoms with E-state index in [1.807, 2.05) is 13.8 Å². The third-order valence-electron chi connectivity index (χ3n) is 7.12. The predicted octanol–water partition coefficient (Wildman–Crippen LogP) is 3.74. The van der Waals surface area contributed by atoms with Gasteiger partial charge >= 0.3 is 0 Å². The van der Waals surface area contributed by atoms with E-state index >= 15 is 0 Å². The molecule has 0 spiro atoms. The van der Waals surface area contributed by atoms with Gasteiger partial charge < -0.3 is 29.9 Å². The van der Waals surface area contributed by atoms with Gasteiger partial charge in [0.15, 0.2) is 11.9 Å². The molecule has 1 aliphatic heterocycles. The van der Waals surface area contributed by atoms with Gasteiger partial charge in [-0.25, -0.2) is 9.97 Å². The minimum atomic E-state index is -0.751. The Bertz CT molecular complexity index is 1520. The van der Waals surface area contributed by atoms with E-state index in [1.54, 1.807) is 60.5 Å². The summed E-state index contributed by atoms with van der Waals surface area (Å²) in [6, 6.07) is 7.03. The van der Waals surface area contributed by atoms with Gasteiger partial charge in [0.05, 0.1) is 12.8 Å². The molecular formula is C31H37N7O5. The zero-order valence-corrected chi connectivity index (χ0v) is 25.1. The molecule has 1 aromatic carbocycles. The van der Waals surface area contributed by atoms with Crippen LogP contribution >= 0.6 is 0 Å². The molecule has 0 radical (unpaired) electrons. The number of piperazine rings is 1. The van der Waals surface area contributed by atoms with Crippen LogP contribution in [-0.4, -0.2) is 81.7 Å². The van der Waals surface area contributed by atoms with Crippen molar-refractivity contribution in [3.05, 3.63) is 66.0 Å². The molecule has 226 valence electrons. The number of methoxy groups -OCH3 is 1. The quantitative estimate of drug-likeness (QED) is 0.319. The van der Waals surface area contributed by atoms with Crippen molar-refractivity contribution in [1.82, 2.24) is 24.8 Å². The normalized spacial score (nSPS) is 13.6. The summed E-state index contributed by atoms with van der Waals surface area (Å²) in [6.07, 6.45) is 3.99. The third kappa shape index (κ3) is 7.85. The summed E-state index contributed by atoms with van der Waals surface area (Å²) >= 11 is 0. The number of benzene rings is 1. The highest BCUT2D eigenvalue weighted by atomic mass is 16.5. The molecule has 2 aromatic heterocycles. The number of nitrogens with zero attached hydrogens (tertiary/aromatic N) is 5. The van der Waals surface area contributed by atoms with Gasteiger partial charge in [-0.2, -0.15) is 4.98 Å². The van der Waals surface area contributed by atoms with Gasteiger partial charge in [-0.15, -0.1) is 0 Å². The molecule has 43 heavy (non-hydrogen) atoms. The zero-order chi connectivity index (χ0) is 31.1. The summed E-state index contributed by atoms with van der Waals surface area (Å²) < 4.78 is 11.2. The Hall–Kier alpha value is -5.00. The summed E-state index contributed by atoms with van der Waals surface area (Å²) in [4.78, 5) is 53.7. The third-order valence-corrected chi connectivity index (χ3v) is 7.12. The van der Waals surface area contributed by atoms with Crippen LogP contribution in [0.5, 0.6) is 11.6 Å². The molecule has 1 fully saturated rings. The molecule has 2 amide bonds. The van der Waals surface area contributed by atoms with E-state index in [-0.39, 0.29) is 24.0 Å². The number of allylic oxidation sites excluding steroid dienone is 1. The van der Waals surface area contributed by atoms with Crippen molar-refractivity contribution in [1.29, 1.82) is 0 Å². The number of carbonyl (C=O) groups is 3. The lowest BCUT2D eigenvalue weighted by Gasteiger charge is -2.35. The van der Waals surface area contributed by atoms with E-state index in [4.69, 9.17) is 9.47 Å². The highest BCUT2D eigenvalue weighted by molar-refractivity contribution is 5.92. The first kappa shape index (κ1) is 30.9. The van der Waals surface area contributed by atoms with E-state index in [9.17, 15) is 14.4 Å². The lowest BCUT2D eigenvalue weighted by Crippen LogP contribution is -2.52. The largest absolute Gasteiger partial charge is 0.481 e. The fourth-order valence-corrected chi connectivity index (χ4v) is 4.55. The fourth-order valence-electron chi connectivity index (χ4n) is 4.55. The van der Waals surface area contributed by atoms with Gasteiger partial charge in [0.1, 0.15) is 11.6 Å². The van der Waals surface area contributed by atoms with E-state index in [1.165, 1.54) is 13.0 Å². The maximum atomic E-state index is 13.0. The first-order valence-corrected chi connectivity index (χ1v) is 14.0. The molecule has 12 nitrogen and oxygen atoms in total. The van der Waals surface area contributed by atoms with Crippen LogP contribution < -0.4 is 20.1 Å². The van der Waals surface area contributed by atoms with Crippen LogP contribution in [0.2, 0.25) is 0 Å². The standard InChI is InChI=1S/C31H37N7O5/c1-7-24(40)14-23-15-25(43-21(4)30(41)38-12-10-37(11-13-38)22(5)39)8-9-26(23)34-29-20(3)18-33-31(36-29)35-27-16-28(42-6)32-17-19(27)2/h7-9,15-18,21H,1,10-14H2,2-6H3,(H2,32,33,34,35,36)/t21-/m1/s1. The van der Waals surface area contributed by atoms with E-state index in [2.05, 4.69) is 32.2 Å². The number of aromatic nitrogens is 3. The second kappa shape index (κ2) is 13.8. The Morgan fingerprint density at radius 2 is 1.70 bits per heavy atom. The second-order valence-electron chi connectivity index (χ2n) is 10.3. The van der Waals surface area contributed by atoms with E-state index in [0.29, 0.717) is 60.8 Å². The Balaban J connectivity index is 1.52. The van der Waals surface area contributed by atoms with Crippen LogP contribution in [0.4, 0.5) is 23.1 Å². The van der Waals surface area contributed by atoms with Crippen molar-refractivity contribution in [2.45, 2.75) is 40.2 Å². The number of rotatable bonds is 11. The van der Waals surface area contributed by atoms with Crippen molar-refractivity contribution in [2.24, 2.45) is 0 Å². The molecule has 3 aromatic rings. The van der Waals surface area contributed by atoms with Crippen molar-refractivity contribution >= 4 is 40.7 Å². The van der Waals surface area contributed by atoms with Crippen molar-refractivity contribution in [2.75, 3.05) is 43.9 Å². The molecule has 0 bridgehead atoms. The molecule has 1 atom stereocenters. The van der Waals surface area contributed by atoms with Crippen molar-refractivity contribution in [3.63, 3.8) is 0 Å². The van der Waals surface area contributed by atoms with Gasteiger partial charge in [0.25, 0.3) is 5.91 Å². The number of aryl methyl sites for hydroxylation is 2. The molecule has 1 aliphatic rings.